The maximum atomic E-state index is 12.5. The molecule has 0 bridgehead atoms. The predicted molar refractivity (Wildman–Crippen MR) is 98.2 cm³/mol. The minimum absolute atomic E-state index is 0.148. The van der Waals surface area contributed by atoms with E-state index in [0.29, 0.717) is 18.2 Å². The number of nitrogens with one attached hydrogen (secondary N) is 1. The van der Waals surface area contributed by atoms with Gasteiger partial charge in [0.2, 0.25) is 5.91 Å². The second kappa shape index (κ2) is 8.10. The lowest BCUT2D eigenvalue weighted by atomic mass is 9.89. The first-order valence-electron chi connectivity index (χ1n) is 9.08. The Hall–Kier alpha value is -2.43. The smallest absolute Gasteiger partial charge is 0.267 e. The summed E-state index contributed by atoms with van der Waals surface area (Å²) in [4.78, 5) is 24.7. The number of hydrogen-bond donors (Lipinski definition) is 1. The molecule has 132 valence electrons. The number of hydrogen-bond acceptors (Lipinski definition) is 3. The predicted octanol–water partition coefficient (Wildman–Crippen LogP) is 3.17. The monoisotopic (exact) mass is 339 g/mol. The molecule has 1 unspecified atom stereocenters. The molecule has 1 aliphatic rings. The molecule has 0 aliphatic heterocycles. The summed E-state index contributed by atoms with van der Waals surface area (Å²) < 4.78 is 1.28. The highest BCUT2D eigenvalue weighted by atomic mass is 16.2. The number of aromatic nitrogens is 2. The third kappa shape index (κ3) is 4.35. The molecular weight excluding hydrogens is 314 g/mol. The third-order valence-electron chi connectivity index (χ3n) is 4.93. The van der Waals surface area contributed by atoms with Crippen LogP contribution in [0.5, 0.6) is 0 Å². The van der Waals surface area contributed by atoms with Gasteiger partial charge in [-0.3, -0.25) is 9.59 Å². The van der Waals surface area contributed by atoms with Gasteiger partial charge in [0, 0.05) is 18.2 Å². The molecule has 0 spiro atoms. The first-order chi connectivity index (χ1) is 12.1. The maximum Gasteiger partial charge on any atom is 0.267 e. The molecular formula is C20H25N3O2. The van der Waals surface area contributed by atoms with E-state index >= 15 is 0 Å². The number of amides is 1. The van der Waals surface area contributed by atoms with Gasteiger partial charge in [0.1, 0.15) is 6.04 Å². The summed E-state index contributed by atoms with van der Waals surface area (Å²) >= 11 is 0. The molecule has 1 fully saturated rings. The van der Waals surface area contributed by atoms with Crippen LogP contribution in [0.15, 0.2) is 47.3 Å². The molecule has 5 nitrogen and oxygen atoms in total. The van der Waals surface area contributed by atoms with E-state index < -0.39 is 6.04 Å². The van der Waals surface area contributed by atoms with Gasteiger partial charge in [-0.15, -0.1) is 0 Å². The third-order valence-corrected chi connectivity index (χ3v) is 4.93. The highest BCUT2D eigenvalue weighted by Gasteiger charge is 2.20. The van der Waals surface area contributed by atoms with E-state index in [-0.39, 0.29) is 11.5 Å². The normalized spacial score (nSPS) is 16.4. The van der Waals surface area contributed by atoms with Crippen LogP contribution in [0, 0.1) is 5.92 Å². The Kier molecular flexibility index (Phi) is 5.64. The number of nitrogens with zero attached hydrogens (tertiary/aromatic N) is 2. The summed E-state index contributed by atoms with van der Waals surface area (Å²) in [6, 6.07) is 12.2. The van der Waals surface area contributed by atoms with Gasteiger partial charge in [-0.25, -0.2) is 4.68 Å². The fraction of sp³-hybridized carbons (Fsp3) is 0.450. The van der Waals surface area contributed by atoms with Gasteiger partial charge >= 0.3 is 0 Å². The van der Waals surface area contributed by atoms with E-state index in [0.717, 1.165) is 5.56 Å². The number of rotatable bonds is 5. The van der Waals surface area contributed by atoms with Gasteiger partial charge in [-0.1, -0.05) is 49.6 Å². The molecule has 0 radical (unpaired) electrons. The van der Waals surface area contributed by atoms with Gasteiger partial charge in [-0.05, 0) is 31.7 Å². The zero-order chi connectivity index (χ0) is 17.6. The standard InChI is InChI=1S/C20H25N3O2/c1-15(20(25)21-14-16-8-4-2-5-9-16)23-19(24)13-12-18(22-23)17-10-6-3-7-11-17/h3,6-7,10-13,15-16H,2,4-5,8-9,14H2,1H3,(H,21,25). The number of carbonyl (C=O) groups is 1. The first kappa shape index (κ1) is 17.4. The molecule has 1 aromatic carbocycles. The summed E-state index contributed by atoms with van der Waals surface area (Å²) in [6.07, 6.45) is 6.14. The van der Waals surface area contributed by atoms with Gasteiger partial charge in [0.25, 0.3) is 5.56 Å². The highest BCUT2D eigenvalue weighted by molar-refractivity contribution is 5.79. The topological polar surface area (TPSA) is 64.0 Å². The van der Waals surface area contributed by atoms with Crippen LogP contribution in [0.3, 0.4) is 0 Å². The lowest BCUT2D eigenvalue weighted by Crippen LogP contribution is -2.39. The number of benzene rings is 1. The van der Waals surface area contributed by atoms with Crippen molar-refractivity contribution in [2.24, 2.45) is 5.92 Å². The largest absolute Gasteiger partial charge is 0.354 e. The van der Waals surface area contributed by atoms with Crippen LogP contribution in [-0.4, -0.2) is 22.2 Å². The van der Waals surface area contributed by atoms with Crippen LogP contribution >= 0.6 is 0 Å². The van der Waals surface area contributed by atoms with E-state index in [4.69, 9.17) is 0 Å². The quantitative estimate of drug-likeness (QED) is 0.910. The minimum atomic E-state index is -0.625. The van der Waals surface area contributed by atoms with Gasteiger partial charge in [-0.2, -0.15) is 5.10 Å². The fourth-order valence-corrected chi connectivity index (χ4v) is 3.36. The average Bonchev–Trinajstić information content (AvgIpc) is 2.67. The molecule has 2 aromatic rings. The van der Waals surface area contributed by atoms with Crippen LogP contribution < -0.4 is 10.9 Å². The Morgan fingerprint density at radius 3 is 2.60 bits per heavy atom. The van der Waals surface area contributed by atoms with E-state index in [1.54, 1.807) is 13.0 Å². The molecule has 1 heterocycles. The van der Waals surface area contributed by atoms with Crippen molar-refractivity contribution in [2.75, 3.05) is 6.54 Å². The Morgan fingerprint density at radius 2 is 1.88 bits per heavy atom. The van der Waals surface area contributed by atoms with Crippen LogP contribution in [0.4, 0.5) is 0 Å². The summed E-state index contributed by atoms with van der Waals surface area (Å²) in [5, 5.41) is 7.40. The molecule has 0 saturated heterocycles. The van der Waals surface area contributed by atoms with Crippen molar-refractivity contribution in [3.8, 4) is 11.3 Å². The van der Waals surface area contributed by atoms with Crippen molar-refractivity contribution in [3.05, 3.63) is 52.8 Å². The summed E-state index contributed by atoms with van der Waals surface area (Å²) in [5.74, 6) is 0.413. The second-order valence-corrected chi connectivity index (χ2v) is 6.79. The number of carbonyl (C=O) groups excluding carboxylic acids is 1. The van der Waals surface area contributed by atoms with E-state index in [2.05, 4.69) is 10.4 Å². The Morgan fingerprint density at radius 1 is 1.16 bits per heavy atom. The van der Waals surface area contributed by atoms with E-state index in [1.807, 2.05) is 30.3 Å². The molecule has 25 heavy (non-hydrogen) atoms. The molecule has 1 aliphatic carbocycles. The Bertz CT molecular complexity index is 764. The van der Waals surface area contributed by atoms with Crippen LogP contribution in [0.1, 0.15) is 45.1 Å². The van der Waals surface area contributed by atoms with E-state index in [9.17, 15) is 9.59 Å². The van der Waals surface area contributed by atoms with Crippen LogP contribution in [0.25, 0.3) is 11.3 Å². The van der Waals surface area contributed by atoms with Crippen molar-refractivity contribution in [1.82, 2.24) is 15.1 Å². The second-order valence-electron chi connectivity index (χ2n) is 6.79. The van der Waals surface area contributed by atoms with Crippen molar-refractivity contribution >= 4 is 5.91 Å². The summed E-state index contributed by atoms with van der Waals surface area (Å²) in [6.45, 7) is 2.41. The maximum absolute atomic E-state index is 12.5. The van der Waals surface area contributed by atoms with Gasteiger partial charge in [0.05, 0.1) is 5.69 Å². The molecule has 1 amide bonds. The first-order valence-corrected chi connectivity index (χ1v) is 9.08. The van der Waals surface area contributed by atoms with Gasteiger partial charge in [0.15, 0.2) is 0 Å². The van der Waals surface area contributed by atoms with Crippen molar-refractivity contribution < 1.29 is 4.79 Å². The SMILES string of the molecule is CC(C(=O)NCC1CCCCC1)n1nc(-c2ccccc2)ccc1=O. The molecule has 3 rings (SSSR count). The van der Waals surface area contributed by atoms with E-state index in [1.165, 1.54) is 42.9 Å². The lowest BCUT2D eigenvalue weighted by molar-refractivity contribution is -0.124. The average molecular weight is 339 g/mol. The zero-order valence-electron chi connectivity index (χ0n) is 14.6. The van der Waals surface area contributed by atoms with Crippen LogP contribution in [-0.2, 0) is 4.79 Å². The van der Waals surface area contributed by atoms with Gasteiger partial charge < -0.3 is 5.32 Å². The summed E-state index contributed by atoms with van der Waals surface area (Å²) in [5.41, 5.74) is 1.35. The van der Waals surface area contributed by atoms with Crippen molar-refractivity contribution in [1.29, 1.82) is 0 Å². The molecule has 1 N–H and O–H groups in total. The van der Waals surface area contributed by atoms with Crippen LogP contribution in [0.2, 0.25) is 0 Å². The molecule has 1 atom stereocenters. The van der Waals surface area contributed by atoms with Crippen molar-refractivity contribution in [3.63, 3.8) is 0 Å². The Balaban J connectivity index is 1.71. The molecule has 1 aromatic heterocycles. The molecule has 1 saturated carbocycles. The fourth-order valence-electron chi connectivity index (χ4n) is 3.36. The summed E-state index contributed by atoms with van der Waals surface area (Å²) in [7, 11) is 0. The lowest BCUT2D eigenvalue weighted by Gasteiger charge is -2.23. The molecule has 5 heteroatoms. The minimum Gasteiger partial charge on any atom is -0.354 e. The Labute approximate surface area is 148 Å². The van der Waals surface area contributed by atoms with Crippen molar-refractivity contribution in [2.45, 2.75) is 45.1 Å². The zero-order valence-corrected chi connectivity index (χ0v) is 14.6. The highest BCUT2D eigenvalue weighted by Crippen LogP contribution is 2.23.